The summed E-state index contributed by atoms with van der Waals surface area (Å²) in [6.45, 7) is 1.18. The fourth-order valence-corrected chi connectivity index (χ4v) is 3.28. The lowest BCUT2D eigenvalue weighted by atomic mass is 10.0. The Kier molecular flexibility index (Phi) is 9.89. The Morgan fingerprint density at radius 1 is 1.16 bits per heavy atom. The number of fused-ring (bicyclic) bond motifs is 1. The van der Waals surface area contributed by atoms with E-state index in [9.17, 15) is 4.79 Å². The van der Waals surface area contributed by atoms with Gasteiger partial charge in [-0.2, -0.15) is 0 Å². The molecule has 2 aromatic carbocycles. The van der Waals surface area contributed by atoms with Gasteiger partial charge in [0.15, 0.2) is 17.5 Å². The fraction of sp³-hybridized carbons (Fsp3) is 0.391. The van der Waals surface area contributed by atoms with Crippen LogP contribution < -0.4 is 24.8 Å². The first-order chi connectivity index (χ1) is 15.0. The number of amides is 1. The summed E-state index contributed by atoms with van der Waals surface area (Å²) in [5.41, 5.74) is 2.04. The summed E-state index contributed by atoms with van der Waals surface area (Å²) in [5, 5.41) is 6.61. The monoisotopic (exact) mass is 554 g/mol. The van der Waals surface area contributed by atoms with Crippen LogP contribution in [0.5, 0.6) is 17.2 Å². The van der Waals surface area contributed by atoms with E-state index >= 15 is 0 Å². The minimum atomic E-state index is -0.0343. The summed E-state index contributed by atoms with van der Waals surface area (Å²) in [5.74, 6) is 2.72. The first-order valence-corrected chi connectivity index (χ1v) is 10.2. The van der Waals surface area contributed by atoms with E-state index in [2.05, 4.69) is 10.6 Å². The molecule has 3 rings (SSSR count). The van der Waals surface area contributed by atoms with E-state index in [1.54, 1.807) is 33.2 Å². The minimum Gasteiger partial charge on any atom is -0.493 e. The summed E-state index contributed by atoms with van der Waals surface area (Å²) in [6.07, 6.45) is 0.801. The summed E-state index contributed by atoms with van der Waals surface area (Å²) in [7, 11) is 6.67. The second-order valence-corrected chi connectivity index (χ2v) is 7.37. The molecule has 0 aliphatic carbocycles. The molecule has 0 fully saturated rings. The Morgan fingerprint density at radius 2 is 1.91 bits per heavy atom. The molecule has 1 atom stereocenters. The second-order valence-electron chi connectivity index (χ2n) is 7.37. The van der Waals surface area contributed by atoms with Gasteiger partial charge in [0.05, 0.1) is 40.0 Å². The summed E-state index contributed by atoms with van der Waals surface area (Å²) in [4.78, 5) is 18.4. The van der Waals surface area contributed by atoms with E-state index in [-0.39, 0.29) is 42.5 Å². The Morgan fingerprint density at radius 3 is 2.62 bits per heavy atom. The standard InChI is InChI=1S/C23H30N4O4.HI/c1-27(2)22(28)15-25-23(24-14-16-9-10-20(29-3)21(13-16)30-4)26-18-11-12-31-19-8-6-5-7-17(18)19;/h5-10,13,18H,11-12,14-15H2,1-4H3,(H2,24,25,26);1H. The van der Waals surface area contributed by atoms with Crippen LogP contribution in [0.25, 0.3) is 0 Å². The van der Waals surface area contributed by atoms with Crippen molar-refractivity contribution in [2.45, 2.75) is 19.0 Å². The Bertz CT molecular complexity index is 936. The second kappa shape index (κ2) is 12.4. The van der Waals surface area contributed by atoms with E-state index in [1.807, 2.05) is 42.5 Å². The van der Waals surface area contributed by atoms with Crippen molar-refractivity contribution in [2.24, 2.45) is 4.99 Å². The summed E-state index contributed by atoms with van der Waals surface area (Å²) < 4.78 is 16.4. The summed E-state index contributed by atoms with van der Waals surface area (Å²) >= 11 is 0. The Hall–Kier alpha value is -2.69. The molecule has 1 aliphatic heterocycles. The van der Waals surface area contributed by atoms with Gasteiger partial charge in [-0.25, -0.2) is 4.99 Å². The van der Waals surface area contributed by atoms with Crippen LogP contribution >= 0.6 is 24.0 Å². The molecule has 0 spiro atoms. The number of rotatable bonds is 7. The molecule has 1 amide bonds. The van der Waals surface area contributed by atoms with E-state index in [0.717, 1.165) is 23.3 Å². The average molecular weight is 554 g/mol. The van der Waals surface area contributed by atoms with Crippen molar-refractivity contribution in [2.75, 3.05) is 41.5 Å². The number of nitrogens with one attached hydrogen (secondary N) is 2. The Balaban J connectivity index is 0.00000363. The van der Waals surface area contributed by atoms with Gasteiger partial charge in [0, 0.05) is 26.1 Å². The smallest absolute Gasteiger partial charge is 0.241 e. The molecule has 0 saturated heterocycles. The van der Waals surface area contributed by atoms with Crippen molar-refractivity contribution in [3.05, 3.63) is 53.6 Å². The molecule has 1 unspecified atom stereocenters. The van der Waals surface area contributed by atoms with Crippen LogP contribution in [0, 0.1) is 0 Å². The number of aliphatic imine (C=N–C) groups is 1. The number of carbonyl (C=O) groups excluding carboxylic acids is 1. The molecular formula is C23H31IN4O4. The number of methoxy groups -OCH3 is 2. The molecule has 0 bridgehead atoms. The lowest BCUT2D eigenvalue weighted by Crippen LogP contribution is -2.45. The predicted molar refractivity (Wildman–Crippen MR) is 135 cm³/mol. The molecular weight excluding hydrogens is 523 g/mol. The zero-order valence-electron chi connectivity index (χ0n) is 18.9. The third kappa shape index (κ3) is 6.65. The zero-order chi connectivity index (χ0) is 22.2. The molecule has 9 heteroatoms. The normalized spacial score (nSPS) is 14.9. The van der Waals surface area contributed by atoms with Gasteiger partial charge in [-0.15, -0.1) is 24.0 Å². The number of para-hydroxylation sites is 1. The first-order valence-electron chi connectivity index (χ1n) is 10.2. The molecule has 1 heterocycles. The number of likely N-dealkylation sites (N-methyl/N-ethyl adjacent to an activating group) is 1. The van der Waals surface area contributed by atoms with Gasteiger partial charge in [0.1, 0.15) is 5.75 Å². The van der Waals surface area contributed by atoms with Gasteiger partial charge in [-0.1, -0.05) is 24.3 Å². The van der Waals surface area contributed by atoms with Gasteiger partial charge in [0.25, 0.3) is 0 Å². The van der Waals surface area contributed by atoms with Crippen LogP contribution in [-0.2, 0) is 11.3 Å². The number of benzene rings is 2. The van der Waals surface area contributed by atoms with E-state index < -0.39 is 0 Å². The molecule has 8 nitrogen and oxygen atoms in total. The fourth-order valence-electron chi connectivity index (χ4n) is 3.28. The number of halogens is 1. The highest BCUT2D eigenvalue weighted by Crippen LogP contribution is 2.31. The van der Waals surface area contributed by atoms with Crippen LogP contribution in [-0.4, -0.2) is 58.2 Å². The average Bonchev–Trinajstić information content (AvgIpc) is 2.80. The molecule has 2 N–H and O–H groups in total. The maximum absolute atomic E-state index is 12.1. The molecule has 1 aliphatic rings. The van der Waals surface area contributed by atoms with Crippen molar-refractivity contribution in [1.29, 1.82) is 0 Å². The predicted octanol–water partition coefficient (Wildman–Crippen LogP) is 2.97. The maximum Gasteiger partial charge on any atom is 0.241 e. The highest BCUT2D eigenvalue weighted by molar-refractivity contribution is 14.0. The van der Waals surface area contributed by atoms with Gasteiger partial charge in [-0.3, -0.25) is 4.79 Å². The van der Waals surface area contributed by atoms with Crippen LogP contribution in [0.15, 0.2) is 47.5 Å². The number of ether oxygens (including phenoxy) is 3. The van der Waals surface area contributed by atoms with E-state index in [1.165, 1.54) is 0 Å². The molecule has 0 aromatic heterocycles. The molecule has 32 heavy (non-hydrogen) atoms. The van der Waals surface area contributed by atoms with Gasteiger partial charge in [-0.05, 0) is 23.8 Å². The molecule has 0 saturated carbocycles. The number of guanidine groups is 1. The van der Waals surface area contributed by atoms with Crippen molar-refractivity contribution in [3.8, 4) is 17.2 Å². The topological polar surface area (TPSA) is 84.4 Å². The van der Waals surface area contributed by atoms with Gasteiger partial charge >= 0.3 is 0 Å². The highest BCUT2D eigenvalue weighted by atomic mass is 127. The molecule has 2 aromatic rings. The van der Waals surface area contributed by atoms with Crippen molar-refractivity contribution in [3.63, 3.8) is 0 Å². The van der Waals surface area contributed by atoms with Crippen LogP contribution in [0.1, 0.15) is 23.6 Å². The van der Waals surface area contributed by atoms with Crippen molar-refractivity contribution >= 4 is 35.8 Å². The molecule has 174 valence electrons. The summed E-state index contributed by atoms with van der Waals surface area (Å²) in [6, 6.07) is 13.7. The first kappa shape index (κ1) is 25.6. The number of hydrogen-bond donors (Lipinski definition) is 2. The van der Waals surface area contributed by atoms with Crippen molar-refractivity contribution in [1.82, 2.24) is 15.5 Å². The Labute approximate surface area is 206 Å². The lowest BCUT2D eigenvalue weighted by molar-refractivity contribution is -0.127. The van der Waals surface area contributed by atoms with Crippen LogP contribution in [0.3, 0.4) is 0 Å². The minimum absolute atomic E-state index is 0. The number of nitrogens with zero attached hydrogens (tertiary/aromatic N) is 2. The number of carbonyl (C=O) groups is 1. The third-order valence-electron chi connectivity index (χ3n) is 5.04. The zero-order valence-corrected chi connectivity index (χ0v) is 21.2. The third-order valence-corrected chi connectivity index (χ3v) is 5.04. The lowest BCUT2D eigenvalue weighted by Gasteiger charge is -2.28. The van der Waals surface area contributed by atoms with Crippen LogP contribution in [0.2, 0.25) is 0 Å². The van der Waals surface area contributed by atoms with Crippen molar-refractivity contribution < 1.29 is 19.0 Å². The SMILES string of the molecule is COc1ccc(CN=C(NCC(=O)N(C)C)NC2CCOc3ccccc32)cc1OC.I. The quantitative estimate of drug-likeness (QED) is 0.311. The van der Waals surface area contributed by atoms with Gasteiger partial charge in [0.2, 0.25) is 5.91 Å². The van der Waals surface area contributed by atoms with E-state index in [4.69, 9.17) is 19.2 Å². The van der Waals surface area contributed by atoms with Crippen LogP contribution in [0.4, 0.5) is 0 Å². The maximum atomic E-state index is 12.1. The largest absolute Gasteiger partial charge is 0.493 e. The molecule has 0 radical (unpaired) electrons. The number of hydrogen-bond acceptors (Lipinski definition) is 5. The van der Waals surface area contributed by atoms with Gasteiger partial charge < -0.3 is 29.7 Å². The van der Waals surface area contributed by atoms with E-state index in [0.29, 0.717) is 30.6 Å². The highest BCUT2D eigenvalue weighted by Gasteiger charge is 2.22.